The molecule has 0 radical (unpaired) electrons. The fourth-order valence-corrected chi connectivity index (χ4v) is 5.43. The molecule has 2 aromatic carbocycles. The number of hydrogen-bond acceptors (Lipinski definition) is 3. The third kappa shape index (κ3) is 3.47. The maximum absolute atomic E-state index is 13.5. The van der Waals surface area contributed by atoms with Gasteiger partial charge in [-0.15, -0.1) is 0 Å². The number of halogens is 2. The molecule has 1 fully saturated rings. The summed E-state index contributed by atoms with van der Waals surface area (Å²) in [6.45, 7) is 2.05. The standard InChI is InChI=1S/C26H24F2N2O3/c1-25-14-17-15-29-30(21-6-4-19(27)5-7-21)23(17)12-18(25)9-11-26(25,33)10-8-16-2-3-20(28)13-22(16)24(31)32/h2-7,12-13,15,33H,8-11,14H2,1H3,(H,31,32). The van der Waals surface area contributed by atoms with E-state index in [1.54, 1.807) is 23.0 Å². The first-order valence-electron chi connectivity index (χ1n) is 11.0. The third-order valence-electron chi connectivity index (χ3n) is 7.47. The summed E-state index contributed by atoms with van der Waals surface area (Å²) in [5, 5.41) is 25.7. The Balaban J connectivity index is 1.43. The highest BCUT2D eigenvalue weighted by atomic mass is 19.1. The zero-order chi connectivity index (χ0) is 23.4. The van der Waals surface area contributed by atoms with Crippen molar-refractivity contribution in [2.75, 3.05) is 0 Å². The van der Waals surface area contributed by atoms with Crippen molar-refractivity contribution in [3.63, 3.8) is 0 Å². The number of nitrogens with zero attached hydrogens (tertiary/aromatic N) is 2. The number of carbonyl (C=O) groups is 1. The van der Waals surface area contributed by atoms with E-state index in [4.69, 9.17) is 0 Å². The molecule has 2 unspecified atom stereocenters. The van der Waals surface area contributed by atoms with Gasteiger partial charge in [0.1, 0.15) is 11.6 Å². The van der Waals surface area contributed by atoms with Crippen LogP contribution in [0.4, 0.5) is 8.78 Å². The molecule has 2 atom stereocenters. The minimum atomic E-state index is -1.18. The lowest BCUT2D eigenvalue weighted by atomic mass is 9.65. The molecule has 1 saturated carbocycles. The number of benzene rings is 2. The van der Waals surface area contributed by atoms with E-state index in [0.29, 0.717) is 31.2 Å². The number of hydrogen-bond donors (Lipinski definition) is 2. The maximum atomic E-state index is 13.5. The molecule has 7 heteroatoms. The third-order valence-corrected chi connectivity index (χ3v) is 7.47. The number of rotatable bonds is 5. The minimum absolute atomic E-state index is 0.0657. The predicted octanol–water partition coefficient (Wildman–Crippen LogP) is 4.95. The topological polar surface area (TPSA) is 75.3 Å². The maximum Gasteiger partial charge on any atom is 0.336 e. The van der Waals surface area contributed by atoms with E-state index >= 15 is 0 Å². The van der Waals surface area contributed by atoms with Gasteiger partial charge in [-0.25, -0.2) is 18.3 Å². The molecule has 0 amide bonds. The van der Waals surface area contributed by atoms with Gasteiger partial charge in [0.25, 0.3) is 0 Å². The van der Waals surface area contributed by atoms with E-state index in [9.17, 15) is 23.8 Å². The van der Waals surface area contributed by atoms with E-state index in [2.05, 4.69) is 11.2 Å². The summed E-state index contributed by atoms with van der Waals surface area (Å²) in [5.41, 5.74) is 2.73. The van der Waals surface area contributed by atoms with Gasteiger partial charge in [0.2, 0.25) is 0 Å². The van der Waals surface area contributed by atoms with Crippen LogP contribution >= 0.6 is 0 Å². The quantitative estimate of drug-likeness (QED) is 0.577. The number of carboxylic acids is 1. The highest BCUT2D eigenvalue weighted by Crippen LogP contribution is 2.56. The lowest BCUT2D eigenvalue weighted by Crippen LogP contribution is -2.45. The molecule has 1 heterocycles. The lowest BCUT2D eigenvalue weighted by molar-refractivity contribution is -0.0462. The van der Waals surface area contributed by atoms with Crippen LogP contribution in [0, 0.1) is 17.0 Å². The van der Waals surface area contributed by atoms with Gasteiger partial charge in [0.05, 0.1) is 28.7 Å². The van der Waals surface area contributed by atoms with Gasteiger partial charge in [-0.2, -0.15) is 5.10 Å². The second-order valence-electron chi connectivity index (χ2n) is 9.26. The Labute approximate surface area is 190 Å². The molecule has 2 N–H and O–H groups in total. The number of aliphatic hydroxyl groups is 1. The van der Waals surface area contributed by atoms with Gasteiger partial charge >= 0.3 is 5.97 Å². The van der Waals surface area contributed by atoms with Crippen LogP contribution in [-0.2, 0) is 12.8 Å². The molecule has 5 nitrogen and oxygen atoms in total. The van der Waals surface area contributed by atoms with Crippen molar-refractivity contribution < 1.29 is 23.8 Å². The van der Waals surface area contributed by atoms with Crippen molar-refractivity contribution in [3.8, 4) is 5.69 Å². The Kier molecular flexibility index (Phi) is 4.97. The Morgan fingerprint density at radius 2 is 1.88 bits per heavy atom. The fourth-order valence-electron chi connectivity index (χ4n) is 5.43. The number of fused-ring (bicyclic) bond motifs is 2. The van der Waals surface area contributed by atoms with Crippen LogP contribution in [0.3, 0.4) is 0 Å². The van der Waals surface area contributed by atoms with Crippen LogP contribution in [0.15, 0.2) is 54.2 Å². The molecular weight excluding hydrogens is 426 g/mol. The second kappa shape index (κ2) is 7.63. The molecule has 2 aliphatic carbocycles. The second-order valence-corrected chi connectivity index (χ2v) is 9.26. The van der Waals surface area contributed by atoms with Crippen LogP contribution in [0.2, 0.25) is 0 Å². The van der Waals surface area contributed by atoms with Gasteiger partial charge in [0, 0.05) is 5.41 Å². The fraction of sp³-hybridized carbons (Fsp3) is 0.308. The van der Waals surface area contributed by atoms with Crippen molar-refractivity contribution in [2.45, 2.75) is 44.6 Å². The van der Waals surface area contributed by atoms with Crippen molar-refractivity contribution in [1.82, 2.24) is 9.78 Å². The van der Waals surface area contributed by atoms with Crippen LogP contribution in [-0.4, -0.2) is 31.6 Å². The highest BCUT2D eigenvalue weighted by Gasteiger charge is 2.54. The summed E-state index contributed by atoms with van der Waals surface area (Å²) >= 11 is 0. The SMILES string of the molecule is CC12Cc3cnn(-c4ccc(F)cc4)c3C=C1CCC2(O)CCc1ccc(F)cc1C(=O)O. The van der Waals surface area contributed by atoms with Crippen molar-refractivity contribution in [2.24, 2.45) is 5.41 Å². The van der Waals surface area contributed by atoms with Crippen molar-refractivity contribution in [1.29, 1.82) is 0 Å². The van der Waals surface area contributed by atoms with Crippen LogP contribution in [0.5, 0.6) is 0 Å². The lowest BCUT2D eigenvalue weighted by Gasteiger charge is -2.42. The van der Waals surface area contributed by atoms with Gasteiger partial charge in [-0.1, -0.05) is 18.6 Å². The molecule has 0 spiro atoms. The Bertz CT molecular complexity index is 1280. The Morgan fingerprint density at radius 3 is 2.61 bits per heavy atom. The Morgan fingerprint density at radius 1 is 1.15 bits per heavy atom. The number of aromatic nitrogens is 2. The number of carboxylic acid groups (broad SMARTS) is 1. The minimum Gasteiger partial charge on any atom is -0.478 e. The van der Waals surface area contributed by atoms with E-state index in [-0.39, 0.29) is 11.4 Å². The Hall–Kier alpha value is -3.32. The van der Waals surface area contributed by atoms with Crippen LogP contribution in [0.1, 0.15) is 53.4 Å². The van der Waals surface area contributed by atoms with E-state index in [1.807, 2.05) is 6.92 Å². The smallest absolute Gasteiger partial charge is 0.336 e. The summed E-state index contributed by atoms with van der Waals surface area (Å²) in [6, 6.07) is 9.94. The molecule has 0 bridgehead atoms. The van der Waals surface area contributed by atoms with E-state index in [1.165, 1.54) is 24.3 Å². The van der Waals surface area contributed by atoms with Crippen molar-refractivity contribution >= 4 is 12.0 Å². The normalized spacial score (nSPS) is 23.7. The van der Waals surface area contributed by atoms with Crippen molar-refractivity contribution in [3.05, 3.63) is 88.3 Å². The van der Waals surface area contributed by atoms with Crippen LogP contribution < -0.4 is 0 Å². The van der Waals surface area contributed by atoms with E-state index in [0.717, 1.165) is 35.0 Å². The zero-order valence-electron chi connectivity index (χ0n) is 18.2. The molecule has 1 aromatic heterocycles. The average molecular weight is 450 g/mol. The molecule has 3 aromatic rings. The summed E-state index contributed by atoms with van der Waals surface area (Å²) in [4.78, 5) is 11.5. The highest BCUT2D eigenvalue weighted by molar-refractivity contribution is 5.89. The summed E-state index contributed by atoms with van der Waals surface area (Å²) < 4.78 is 28.7. The predicted molar refractivity (Wildman–Crippen MR) is 119 cm³/mol. The van der Waals surface area contributed by atoms with Gasteiger partial charge < -0.3 is 10.2 Å². The molecule has 2 aliphatic rings. The van der Waals surface area contributed by atoms with Gasteiger partial charge in [-0.3, -0.25) is 0 Å². The van der Waals surface area contributed by atoms with E-state index < -0.39 is 22.8 Å². The first-order chi connectivity index (χ1) is 15.7. The average Bonchev–Trinajstić information content (AvgIpc) is 3.29. The van der Waals surface area contributed by atoms with Gasteiger partial charge in [-0.05, 0) is 85.7 Å². The summed E-state index contributed by atoms with van der Waals surface area (Å²) in [5.74, 6) is -2.07. The molecule has 5 rings (SSSR count). The van der Waals surface area contributed by atoms with Crippen LogP contribution in [0.25, 0.3) is 11.8 Å². The summed E-state index contributed by atoms with van der Waals surface area (Å²) in [6.07, 6.45) is 6.45. The number of aromatic carboxylic acids is 1. The zero-order valence-corrected chi connectivity index (χ0v) is 18.2. The molecule has 0 saturated heterocycles. The van der Waals surface area contributed by atoms with Gasteiger partial charge in [0.15, 0.2) is 0 Å². The molecule has 0 aliphatic heterocycles. The summed E-state index contributed by atoms with van der Waals surface area (Å²) in [7, 11) is 0. The first-order valence-corrected chi connectivity index (χ1v) is 11.0. The first kappa shape index (κ1) is 21.5. The molecule has 170 valence electrons. The number of aryl methyl sites for hydroxylation is 1. The molecular formula is C26H24F2N2O3. The largest absolute Gasteiger partial charge is 0.478 e. The monoisotopic (exact) mass is 450 g/mol. The molecule has 33 heavy (non-hydrogen) atoms.